The van der Waals surface area contributed by atoms with Crippen molar-refractivity contribution in [3.05, 3.63) is 6.92 Å². The molecule has 2 unspecified atom stereocenters. The Morgan fingerprint density at radius 2 is 2.00 bits per heavy atom. The van der Waals surface area contributed by atoms with E-state index in [0.29, 0.717) is 0 Å². The predicted octanol–water partition coefficient (Wildman–Crippen LogP) is 2.40. The lowest BCUT2D eigenvalue weighted by Crippen LogP contribution is -2.16. The Labute approximate surface area is 64.5 Å². The van der Waals surface area contributed by atoms with Crippen LogP contribution in [0.2, 0.25) is 0 Å². The number of hydrogen-bond acceptors (Lipinski definition) is 1. The van der Waals surface area contributed by atoms with E-state index in [1.807, 2.05) is 0 Å². The molecule has 0 aliphatic rings. The van der Waals surface area contributed by atoms with Crippen molar-refractivity contribution in [3.8, 4) is 0 Å². The summed E-state index contributed by atoms with van der Waals surface area (Å²) in [6.45, 7) is 8.06. The van der Waals surface area contributed by atoms with Gasteiger partial charge in [-0.1, -0.05) is 33.1 Å². The first-order valence-electron chi connectivity index (χ1n) is 4.23. The maximum atomic E-state index is 9.39. The smallest absolute Gasteiger partial charge is 0.0568 e. The summed E-state index contributed by atoms with van der Waals surface area (Å²) < 4.78 is 0. The molecule has 0 spiro atoms. The Bertz CT molecular complexity index is 71.1. The van der Waals surface area contributed by atoms with E-state index in [-0.39, 0.29) is 12.0 Å². The Hall–Kier alpha value is -0.0400. The van der Waals surface area contributed by atoms with Crippen LogP contribution in [0.1, 0.15) is 39.5 Å². The zero-order valence-electron chi connectivity index (χ0n) is 7.14. The minimum Gasteiger partial charge on any atom is -0.393 e. The van der Waals surface area contributed by atoms with Gasteiger partial charge in [-0.25, -0.2) is 0 Å². The summed E-state index contributed by atoms with van der Waals surface area (Å²) in [6.07, 6.45) is 3.99. The van der Waals surface area contributed by atoms with Crippen LogP contribution in [0.4, 0.5) is 0 Å². The topological polar surface area (TPSA) is 20.2 Å². The summed E-state index contributed by atoms with van der Waals surface area (Å²) >= 11 is 0. The van der Waals surface area contributed by atoms with Gasteiger partial charge in [0.2, 0.25) is 0 Å². The Morgan fingerprint density at radius 1 is 1.40 bits per heavy atom. The van der Waals surface area contributed by atoms with Crippen LogP contribution in [0.5, 0.6) is 0 Å². The Kier molecular flexibility index (Phi) is 5.70. The first kappa shape index (κ1) is 9.96. The fourth-order valence-corrected chi connectivity index (χ4v) is 0.921. The molecule has 0 saturated heterocycles. The lowest BCUT2D eigenvalue weighted by Gasteiger charge is -2.15. The van der Waals surface area contributed by atoms with Crippen molar-refractivity contribution in [2.24, 2.45) is 5.92 Å². The molecule has 61 valence electrons. The molecule has 0 amide bonds. The van der Waals surface area contributed by atoms with E-state index in [9.17, 15) is 5.11 Å². The zero-order chi connectivity index (χ0) is 7.98. The van der Waals surface area contributed by atoms with Crippen LogP contribution < -0.4 is 0 Å². The molecule has 0 rings (SSSR count). The van der Waals surface area contributed by atoms with Gasteiger partial charge in [-0.3, -0.25) is 0 Å². The van der Waals surface area contributed by atoms with Crippen molar-refractivity contribution in [2.75, 3.05) is 0 Å². The molecule has 0 heterocycles. The third-order valence-corrected chi connectivity index (χ3v) is 1.92. The van der Waals surface area contributed by atoms with Gasteiger partial charge in [-0.15, -0.1) is 0 Å². The van der Waals surface area contributed by atoms with Crippen molar-refractivity contribution in [3.63, 3.8) is 0 Å². The normalized spacial score (nSPS) is 16.8. The van der Waals surface area contributed by atoms with E-state index in [0.717, 1.165) is 25.7 Å². The summed E-state index contributed by atoms with van der Waals surface area (Å²) in [6, 6.07) is 0. The highest BCUT2D eigenvalue weighted by Crippen LogP contribution is 2.12. The SMILES string of the molecule is [CH2]C(CC)C(O)CCCC. The van der Waals surface area contributed by atoms with Gasteiger partial charge in [-0.2, -0.15) is 0 Å². The van der Waals surface area contributed by atoms with Crippen molar-refractivity contribution in [1.29, 1.82) is 0 Å². The molecule has 1 heteroatoms. The van der Waals surface area contributed by atoms with Crippen LogP contribution in [0, 0.1) is 12.8 Å². The second-order valence-electron chi connectivity index (χ2n) is 2.88. The molecule has 0 bridgehead atoms. The van der Waals surface area contributed by atoms with Gasteiger partial charge in [0.15, 0.2) is 0 Å². The number of rotatable bonds is 5. The van der Waals surface area contributed by atoms with Crippen LogP contribution in [0.25, 0.3) is 0 Å². The third kappa shape index (κ3) is 3.89. The van der Waals surface area contributed by atoms with E-state index >= 15 is 0 Å². The number of unbranched alkanes of at least 4 members (excludes halogenated alkanes) is 1. The van der Waals surface area contributed by atoms with E-state index in [4.69, 9.17) is 0 Å². The molecule has 0 aromatic rings. The molecule has 0 aromatic carbocycles. The van der Waals surface area contributed by atoms with Crippen LogP contribution in [-0.2, 0) is 0 Å². The van der Waals surface area contributed by atoms with Gasteiger partial charge in [0.1, 0.15) is 0 Å². The summed E-state index contributed by atoms with van der Waals surface area (Å²) in [4.78, 5) is 0. The number of aliphatic hydroxyl groups is 1. The molecule has 1 N–H and O–H groups in total. The molecule has 1 radical (unpaired) electrons. The van der Waals surface area contributed by atoms with E-state index in [1.165, 1.54) is 0 Å². The fourth-order valence-electron chi connectivity index (χ4n) is 0.921. The largest absolute Gasteiger partial charge is 0.393 e. The molecule has 0 saturated carbocycles. The highest BCUT2D eigenvalue weighted by molar-refractivity contribution is 4.68. The van der Waals surface area contributed by atoms with Gasteiger partial charge in [0.25, 0.3) is 0 Å². The second kappa shape index (κ2) is 5.72. The summed E-state index contributed by atoms with van der Waals surface area (Å²) in [7, 11) is 0. The Morgan fingerprint density at radius 3 is 2.40 bits per heavy atom. The van der Waals surface area contributed by atoms with E-state index in [2.05, 4.69) is 20.8 Å². The monoisotopic (exact) mass is 143 g/mol. The maximum Gasteiger partial charge on any atom is 0.0568 e. The van der Waals surface area contributed by atoms with Crippen LogP contribution in [0.3, 0.4) is 0 Å². The molecular formula is C9H19O. The molecule has 2 atom stereocenters. The van der Waals surface area contributed by atoms with Crippen LogP contribution >= 0.6 is 0 Å². The third-order valence-electron chi connectivity index (χ3n) is 1.92. The van der Waals surface area contributed by atoms with E-state index in [1.54, 1.807) is 0 Å². The first-order chi connectivity index (χ1) is 4.72. The molecule has 10 heavy (non-hydrogen) atoms. The first-order valence-corrected chi connectivity index (χ1v) is 4.23. The second-order valence-corrected chi connectivity index (χ2v) is 2.88. The maximum absolute atomic E-state index is 9.39. The predicted molar refractivity (Wildman–Crippen MR) is 44.7 cm³/mol. The zero-order valence-corrected chi connectivity index (χ0v) is 7.14. The molecular weight excluding hydrogens is 124 g/mol. The van der Waals surface area contributed by atoms with Gasteiger partial charge < -0.3 is 5.11 Å². The van der Waals surface area contributed by atoms with Gasteiger partial charge in [0, 0.05) is 0 Å². The van der Waals surface area contributed by atoms with Crippen molar-refractivity contribution in [1.82, 2.24) is 0 Å². The summed E-state index contributed by atoms with van der Waals surface area (Å²) in [5.41, 5.74) is 0. The molecule has 1 nitrogen and oxygen atoms in total. The average Bonchev–Trinajstić information content (AvgIpc) is 1.98. The van der Waals surface area contributed by atoms with Crippen molar-refractivity contribution < 1.29 is 5.11 Å². The quantitative estimate of drug-likeness (QED) is 0.626. The molecule has 0 aliphatic heterocycles. The highest BCUT2D eigenvalue weighted by Gasteiger charge is 2.10. The van der Waals surface area contributed by atoms with Gasteiger partial charge in [0.05, 0.1) is 6.10 Å². The van der Waals surface area contributed by atoms with Crippen molar-refractivity contribution >= 4 is 0 Å². The minimum atomic E-state index is -0.176. The van der Waals surface area contributed by atoms with Crippen molar-refractivity contribution in [2.45, 2.75) is 45.6 Å². The lowest BCUT2D eigenvalue weighted by atomic mass is 9.98. The summed E-state index contributed by atoms with van der Waals surface area (Å²) in [5.74, 6) is 0.228. The lowest BCUT2D eigenvalue weighted by molar-refractivity contribution is 0.115. The average molecular weight is 143 g/mol. The summed E-state index contributed by atoms with van der Waals surface area (Å²) in [5, 5.41) is 9.39. The Balaban J connectivity index is 3.31. The van der Waals surface area contributed by atoms with Gasteiger partial charge >= 0.3 is 0 Å². The highest BCUT2D eigenvalue weighted by atomic mass is 16.3. The minimum absolute atomic E-state index is 0.176. The molecule has 0 fully saturated rings. The standard InChI is InChI=1S/C9H19O/c1-4-6-7-9(10)8(3)5-2/h8-10H,3-7H2,1-2H3. The molecule has 0 aromatic heterocycles. The van der Waals surface area contributed by atoms with Crippen LogP contribution in [0.15, 0.2) is 0 Å². The van der Waals surface area contributed by atoms with Crippen LogP contribution in [-0.4, -0.2) is 11.2 Å². The van der Waals surface area contributed by atoms with Gasteiger partial charge in [-0.05, 0) is 19.3 Å². The fraction of sp³-hybridized carbons (Fsp3) is 0.889. The van der Waals surface area contributed by atoms with E-state index < -0.39 is 0 Å². The number of aliphatic hydroxyl groups excluding tert-OH is 1. The molecule has 0 aliphatic carbocycles. The number of hydrogen-bond donors (Lipinski definition) is 1.